The zero-order valence-electron chi connectivity index (χ0n) is 16.4. The Kier molecular flexibility index (Phi) is 6.34. The highest BCUT2D eigenvalue weighted by atomic mass is 16.1. The standard InChI is InChI=1S/C21H30N6O/c28-21(25-14-18-5-1-2-8-22-18)17-4-3-11-27(15-17)19-6-12-26(13-7-19)16-20-23-9-10-24-20/h1-2,5,8-10,17,19H,3-4,6-7,11-16H2,(H,23,24)(H,25,28)/t17-/m1/s1. The second-order valence-electron chi connectivity index (χ2n) is 7.92. The number of pyridine rings is 1. The number of imidazole rings is 1. The van der Waals surface area contributed by atoms with Crippen molar-refractivity contribution in [3.63, 3.8) is 0 Å². The Bertz CT molecular complexity index is 727. The molecule has 0 aliphatic carbocycles. The van der Waals surface area contributed by atoms with Gasteiger partial charge in [0.2, 0.25) is 5.91 Å². The molecule has 150 valence electrons. The Hall–Kier alpha value is -2.25. The van der Waals surface area contributed by atoms with E-state index in [1.807, 2.05) is 30.6 Å². The largest absolute Gasteiger partial charge is 0.350 e. The summed E-state index contributed by atoms with van der Waals surface area (Å²) in [7, 11) is 0. The van der Waals surface area contributed by atoms with Gasteiger partial charge in [-0.3, -0.25) is 19.6 Å². The van der Waals surface area contributed by atoms with Gasteiger partial charge in [0.05, 0.1) is 24.7 Å². The van der Waals surface area contributed by atoms with E-state index in [-0.39, 0.29) is 11.8 Å². The Labute approximate surface area is 166 Å². The van der Waals surface area contributed by atoms with Crippen LogP contribution < -0.4 is 5.32 Å². The Morgan fingerprint density at radius 1 is 1.14 bits per heavy atom. The molecule has 2 saturated heterocycles. The molecular weight excluding hydrogens is 352 g/mol. The van der Waals surface area contributed by atoms with Gasteiger partial charge in [0.25, 0.3) is 0 Å². The first-order valence-electron chi connectivity index (χ1n) is 10.4. The minimum Gasteiger partial charge on any atom is -0.350 e. The number of likely N-dealkylation sites (tertiary alicyclic amines) is 2. The highest BCUT2D eigenvalue weighted by molar-refractivity contribution is 5.78. The Morgan fingerprint density at radius 2 is 2.04 bits per heavy atom. The van der Waals surface area contributed by atoms with Crippen molar-refractivity contribution in [3.05, 3.63) is 48.3 Å². The zero-order chi connectivity index (χ0) is 19.2. The number of carbonyl (C=O) groups excluding carboxylic acids is 1. The van der Waals surface area contributed by atoms with Gasteiger partial charge in [0, 0.05) is 44.3 Å². The maximum absolute atomic E-state index is 12.6. The molecule has 2 fully saturated rings. The molecule has 2 aliphatic heterocycles. The van der Waals surface area contributed by atoms with Crippen LogP contribution in [0.2, 0.25) is 0 Å². The van der Waals surface area contributed by atoms with Gasteiger partial charge in [0.1, 0.15) is 5.82 Å². The van der Waals surface area contributed by atoms with Gasteiger partial charge in [0.15, 0.2) is 0 Å². The molecule has 0 bridgehead atoms. The molecule has 7 nitrogen and oxygen atoms in total. The SMILES string of the molecule is O=C(NCc1ccccn1)[C@@H]1CCCN(C2CCN(Cc3ncc[nH]3)CC2)C1. The maximum Gasteiger partial charge on any atom is 0.224 e. The van der Waals surface area contributed by atoms with Crippen molar-refractivity contribution in [1.29, 1.82) is 0 Å². The monoisotopic (exact) mass is 382 g/mol. The van der Waals surface area contributed by atoms with Crippen LogP contribution in [0.4, 0.5) is 0 Å². The number of aromatic nitrogens is 3. The van der Waals surface area contributed by atoms with Crippen LogP contribution in [0.25, 0.3) is 0 Å². The van der Waals surface area contributed by atoms with Gasteiger partial charge in [-0.2, -0.15) is 0 Å². The molecule has 0 aromatic carbocycles. The second-order valence-corrected chi connectivity index (χ2v) is 7.92. The number of nitrogens with one attached hydrogen (secondary N) is 2. The lowest BCUT2D eigenvalue weighted by Crippen LogP contribution is -2.50. The molecule has 28 heavy (non-hydrogen) atoms. The number of hydrogen-bond acceptors (Lipinski definition) is 5. The average molecular weight is 383 g/mol. The lowest BCUT2D eigenvalue weighted by atomic mass is 9.93. The molecule has 1 amide bonds. The first kappa shape index (κ1) is 19.1. The van der Waals surface area contributed by atoms with E-state index in [4.69, 9.17) is 0 Å². The molecule has 0 spiro atoms. The third kappa shape index (κ3) is 4.97. The first-order valence-corrected chi connectivity index (χ1v) is 10.4. The van der Waals surface area contributed by atoms with E-state index in [0.717, 1.165) is 57.1 Å². The molecule has 2 aromatic rings. The highest BCUT2D eigenvalue weighted by Crippen LogP contribution is 2.24. The lowest BCUT2D eigenvalue weighted by Gasteiger charge is -2.41. The van der Waals surface area contributed by atoms with E-state index < -0.39 is 0 Å². The van der Waals surface area contributed by atoms with E-state index in [1.165, 1.54) is 12.8 Å². The molecule has 2 aromatic heterocycles. The third-order valence-corrected chi connectivity index (χ3v) is 6.00. The van der Waals surface area contributed by atoms with E-state index >= 15 is 0 Å². The predicted molar refractivity (Wildman–Crippen MR) is 107 cm³/mol. The fourth-order valence-electron chi connectivity index (χ4n) is 4.42. The third-order valence-electron chi connectivity index (χ3n) is 6.00. The molecular formula is C21H30N6O. The van der Waals surface area contributed by atoms with Crippen LogP contribution in [0.5, 0.6) is 0 Å². The van der Waals surface area contributed by atoms with Gasteiger partial charge in [-0.1, -0.05) is 6.07 Å². The first-order chi connectivity index (χ1) is 13.8. The number of piperidine rings is 2. The van der Waals surface area contributed by atoms with Crippen LogP contribution in [0.3, 0.4) is 0 Å². The second kappa shape index (κ2) is 9.30. The smallest absolute Gasteiger partial charge is 0.224 e. The normalized spacial score (nSPS) is 22.2. The van der Waals surface area contributed by atoms with Crippen molar-refractivity contribution in [1.82, 2.24) is 30.1 Å². The van der Waals surface area contributed by atoms with Crippen molar-refractivity contribution in [2.45, 2.75) is 44.8 Å². The highest BCUT2D eigenvalue weighted by Gasteiger charge is 2.31. The summed E-state index contributed by atoms with van der Waals surface area (Å²) >= 11 is 0. The van der Waals surface area contributed by atoms with Gasteiger partial charge >= 0.3 is 0 Å². The summed E-state index contributed by atoms with van der Waals surface area (Å²) in [5.41, 5.74) is 0.910. The number of nitrogens with zero attached hydrogens (tertiary/aromatic N) is 4. The maximum atomic E-state index is 12.6. The van der Waals surface area contributed by atoms with Crippen LogP contribution in [0.1, 0.15) is 37.2 Å². The molecule has 0 saturated carbocycles. The van der Waals surface area contributed by atoms with Crippen LogP contribution in [-0.4, -0.2) is 62.9 Å². The minimum atomic E-state index is 0.0959. The van der Waals surface area contributed by atoms with Crippen LogP contribution >= 0.6 is 0 Å². The molecule has 0 unspecified atom stereocenters. The molecule has 1 atom stereocenters. The number of H-pyrrole nitrogens is 1. The summed E-state index contributed by atoms with van der Waals surface area (Å²) in [6.07, 6.45) is 9.90. The minimum absolute atomic E-state index is 0.0959. The van der Waals surface area contributed by atoms with E-state index in [9.17, 15) is 4.79 Å². The van der Waals surface area contributed by atoms with Crippen molar-refractivity contribution in [2.75, 3.05) is 26.2 Å². The fraction of sp³-hybridized carbons (Fsp3) is 0.571. The molecule has 2 N–H and O–H groups in total. The summed E-state index contributed by atoms with van der Waals surface area (Å²) in [5.74, 6) is 1.31. The van der Waals surface area contributed by atoms with E-state index in [1.54, 1.807) is 6.20 Å². The van der Waals surface area contributed by atoms with E-state index in [0.29, 0.717) is 12.6 Å². The number of carbonyl (C=O) groups is 1. The van der Waals surface area contributed by atoms with Crippen LogP contribution in [-0.2, 0) is 17.9 Å². The molecule has 4 rings (SSSR count). The van der Waals surface area contributed by atoms with Crippen LogP contribution in [0.15, 0.2) is 36.8 Å². The summed E-state index contributed by atoms with van der Waals surface area (Å²) < 4.78 is 0. The predicted octanol–water partition coefficient (Wildman–Crippen LogP) is 1.80. The van der Waals surface area contributed by atoms with Crippen molar-refractivity contribution < 1.29 is 4.79 Å². The Balaban J connectivity index is 1.23. The fourth-order valence-corrected chi connectivity index (χ4v) is 4.42. The van der Waals surface area contributed by atoms with Crippen molar-refractivity contribution in [3.8, 4) is 0 Å². The molecule has 2 aliphatic rings. The summed E-state index contributed by atoms with van der Waals surface area (Å²) in [5, 5.41) is 3.08. The summed E-state index contributed by atoms with van der Waals surface area (Å²) in [6.45, 7) is 5.61. The van der Waals surface area contributed by atoms with Gasteiger partial charge in [-0.15, -0.1) is 0 Å². The van der Waals surface area contributed by atoms with E-state index in [2.05, 4.69) is 30.1 Å². The number of rotatable bonds is 6. The molecule has 4 heterocycles. The van der Waals surface area contributed by atoms with Crippen molar-refractivity contribution in [2.24, 2.45) is 5.92 Å². The molecule has 0 radical (unpaired) electrons. The average Bonchev–Trinajstić information content (AvgIpc) is 3.26. The molecule has 7 heteroatoms. The summed E-state index contributed by atoms with van der Waals surface area (Å²) in [4.78, 5) is 29.5. The topological polar surface area (TPSA) is 77.2 Å². The van der Waals surface area contributed by atoms with Gasteiger partial charge in [-0.05, 0) is 44.4 Å². The summed E-state index contributed by atoms with van der Waals surface area (Å²) in [6, 6.07) is 6.39. The van der Waals surface area contributed by atoms with Crippen molar-refractivity contribution >= 4 is 5.91 Å². The number of aromatic amines is 1. The number of hydrogen-bond donors (Lipinski definition) is 2. The van der Waals surface area contributed by atoms with Crippen LogP contribution in [0, 0.1) is 5.92 Å². The van der Waals surface area contributed by atoms with Gasteiger partial charge in [-0.25, -0.2) is 4.98 Å². The quantitative estimate of drug-likeness (QED) is 0.797. The Morgan fingerprint density at radius 3 is 2.79 bits per heavy atom. The zero-order valence-corrected chi connectivity index (χ0v) is 16.4. The lowest BCUT2D eigenvalue weighted by molar-refractivity contribution is -0.127. The van der Waals surface area contributed by atoms with Gasteiger partial charge < -0.3 is 10.3 Å². The number of amides is 1.